The Labute approximate surface area is 181 Å². The van der Waals surface area contributed by atoms with Crippen LogP contribution in [0.2, 0.25) is 0 Å². The highest BCUT2D eigenvalue weighted by atomic mass is 32.2. The third-order valence-corrected chi connectivity index (χ3v) is 6.26. The third-order valence-electron chi connectivity index (χ3n) is 5.01. The molecule has 0 amide bonds. The normalized spacial score (nSPS) is 20.0. The SMILES string of the molecule is CCOC(=O)C1CSC2=C(Nc3ccc(OC)cc3C(=O)OC)CC(C)(C)CC2=N1. The lowest BCUT2D eigenvalue weighted by molar-refractivity contribution is -0.143. The fraction of sp³-hybridized carbons (Fsp3) is 0.500. The molecule has 0 fully saturated rings. The van der Waals surface area contributed by atoms with E-state index in [4.69, 9.17) is 19.2 Å². The van der Waals surface area contributed by atoms with Crippen LogP contribution in [0.5, 0.6) is 5.75 Å². The van der Waals surface area contributed by atoms with Crippen molar-refractivity contribution in [2.24, 2.45) is 10.4 Å². The van der Waals surface area contributed by atoms with Gasteiger partial charge in [0.05, 0.1) is 37.8 Å². The molecule has 7 nitrogen and oxygen atoms in total. The van der Waals surface area contributed by atoms with Crippen molar-refractivity contribution in [3.8, 4) is 5.75 Å². The zero-order chi connectivity index (χ0) is 21.9. The van der Waals surface area contributed by atoms with Gasteiger partial charge in [-0.05, 0) is 43.4 Å². The minimum Gasteiger partial charge on any atom is -0.497 e. The third kappa shape index (κ3) is 4.80. The second kappa shape index (κ2) is 9.12. The molecule has 0 radical (unpaired) electrons. The summed E-state index contributed by atoms with van der Waals surface area (Å²) < 4.78 is 15.4. The van der Waals surface area contributed by atoms with E-state index in [1.54, 1.807) is 37.9 Å². The maximum atomic E-state index is 12.3. The van der Waals surface area contributed by atoms with Gasteiger partial charge in [0, 0.05) is 16.4 Å². The number of methoxy groups -OCH3 is 2. The van der Waals surface area contributed by atoms with E-state index in [1.807, 2.05) is 6.07 Å². The number of hydrogen-bond donors (Lipinski definition) is 1. The predicted octanol–water partition coefficient (Wildman–Crippen LogP) is 4.04. The number of allylic oxidation sites excluding steroid dienone is 2. The monoisotopic (exact) mass is 432 g/mol. The van der Waals surface area contributed by atoms with Crippen LogP contribution in [0.3, 0.4) is 0 Å². The van der Waals surface area contributed by atoms with Crippen LogP contribution in [0.1, 0.15) is 44.0 Å². The first-order valence-corrected chi connectivity index (χ1v) is 10.9. The summed E-state index contributed by atoms with van der Waals surface area (Å²) in [5.74, 6) is 0.395. The van der Waals surface area contributed by atoms with Crippen molar-refractivity contribution in [2.45, 2.75) is 39.7 Å². The van der Waals surface area contributed by atoms with Crippen molar-refractivity contribution >= 4 is 35.1 Å². The van der Waals surface area contributed by atoms with E-state index in [-0.39, 0.29) is 11.4 Å². The molecule has 1 aliphatic carbocycles. The molecule has 1 atom stereocenters. The molecule has 2 aliphatic rings. The van der Waals surface area contributed by atoms with Crippen LogP contribution < -0.4 is 10.1 Å². The van der Waals surface area contributed by atoms with Crippen LogP contribution in [0.25, 0.3) is 0 Å². The van der Waals surface area contributed by atoms with Gasteiger partial charge in [-0.1, -0.05) is 13.8 Å². The van der Waals surface area contributed by atoms with Crippen molar-refractivity contribution in [3.05, 3.63) is 34.4 Å². The molecular formula is C22H28N2O5S. The van der Waals surface area contributed by atoms with Crippen LogP contribution in [0, 0.1) is 5.41 Å². The Bertz CT molecular complexity index is 907. The van der Waals surface area contributed by atoms with E-state index in [1.165, 1.54) is 7.11 Å². The predicted molar refractivity (Wildman–Crippen MR) is 118 cm³/mol. The molecule has 0 spiro atoms. The number of carbonyl (C=O) groups is 2. The first kappa shape index (κ1) is 22.2. The zero-order valence-corrected chi connectivity index (χ0v) is 18.9. The summed E-state index contributed by atoms with van der Waals surface area (Å²) in [5.41, 5.74) is 2.91. The van der Waals surface area contributed by atoms with Gasteiger partial charge in [-0.3, -0.25) is 4.99 Å². The Hall–Kier alpha value is -2.48. The average Bonchev–Trinajstić information content (AvgIpc) is 2.72. The smallest absolute Gasteiger partial charge is 0.340 e. The number of hydrogen-bond acceptors (Lipinski definition) is 8. The number of nitrogens with one attached hydrogen (secondary N) is 1. The number of thioether (sulfide) groups is 1. The number of rotatable bonds is 6. The number of anilines is 1. The van der Waals surface area contributed by atoms with Gasteiger partial charge in [0.2, 0.25) is 0 Å². The number of nitrogens with zero attached hydrogens (tertiary/aromatic N) is 1. The Morgan fingerprint density at radius 2 is 2.03 bits per heavy atom. The number of esters is 2. The van der Waals surface area contributed by atoms with Gasteiger partial charge in [-0.25, -0.2) is 9.59 Å². The van der Waals surface area contributed by atoms with Crippen molar-refractivity contribution < 1.29 is 23.8 Å². The fourth-order valence-corrected chi connectivity index (χ4v) is 4.78. The van der Waals surface area contributed by atoms with Crippen LogP contribution >= 0.6 is 11.8 Å². The summed E-state index contributed by atoms with van der Waals surface area (Å²) in [6.07, 6.45) is 1.58. The summed E-state index contributed by atoms with van der Waals surface area (Å²) in [6, 6.07) is 4.79. The van der Waals surface area contributed by atoms with Gasteiger partial charge in [0.1, 0.15) is 5.75 Å². The molecule has 3 rings (SSSR count). The van der Waals surface area contributed by atoms with E-state index in [2.05, 4.69) is 19.2 Å². The van der Waals surface area contributed by atoms with Gasteiger partial charge in [0.25, 0.3) is 0 Å². The maximum absolute atomic E-state index is 12.3. The highest BCUT2D eigenvalue weighted by Gasteiger charge is 2.36. The average molecular weight is 433 g/mol. The first-order chi connectivity index (χ1) is 14.3. The molecule has 1 unspecified atom stereocenters. The summed E-state index contributed by atoms with van der Waals surface area (Å²) in [4.78, 5) is 30.3. The van der Waals surface area contributed by atoms with E-state index >= 15 is 0 Å². The second-order valence-electron chi connectivity index (χ2n) is 8.01. The van der Waals surface area contributed by atoms with E-state index in [0.717, 1.165) is 29.2 Å². The summed E-state index contributed by atoms with van der Waals surface area (Å²) >= 11 is 1.61. The summed E-state index contributed by atoms with van der Waals surface area (Å²) in [5, 5.41) is 3.45. The molecule has 0 saturated carbocycles. The molecule has 1 N–H and O–H groups in total. The molecule has 0 bridgehead atoms. The Morgan fingerprint density at radius 1 is 1.27 bits per heavy atom. The minimum absolute atomic E-state index is 0.0420. The highest BCUT2D eigenvalue weighted by molar-refractivity contribution is 8.04. The lowest BCUT2D eigenvalue weighted by atomic mass is 9.78. The summed E-state index contributed by atoms with van der Waals surface area (Å²) in [6.45, 7) is 6.48. The van der Waals surface area contributed by atoms with Gasteiger partial charge in [0.15, 0.2) is 6.04 Å². The molecule has 0 saturated heterocycles. The van der Waals surface area contributed by atoms with Crippen molar-refractivity contribution in [1.82, 2.24) is 0 Å². The molecule has 162 valence electrons. The number of benzene rings is 1. The van der Waals surface area contributed by atoms with E-state index in [9.17, 15) is 9.59 Å². The molecule has 1 heterocycles. The van der Waals surface area contributed by atoms with Gasteiger partial charge in [-0.2, -0.15) is 0 Å². The molecule has 1 aromatic carbocycles. The lowest BCUT2D eigenvalue weighted by Gasteiger charge is -2.37. The van der Waals surface area contributed by atoms with Gasteiger partial charge in [-0.15, -0.1) is 11.8 Å². The van der Waals surface area contributed by atoms with Crippen molar-refractivity contribution in [1.29, 1.82) is 0 Å². The van der Waals surface area contributed by atoms with E-state index in [0.29, 0.717) is 29.4 Å². The van der Waals surface area contributed by atoms with Gasteiger partial charge >= 0.3 is 11.9 Å². The minimum atomic E-state index is -0.476. The van der Waals surface area contributed by atoms with Crippen LogP contribution in [-0.4, -0.2) is 50.3 Å². The number of ether oxygens (including phenoxy) is 3. The second-order valence-corrected chi connectivity index (χ2v) is 9.04. The number of aliphatic imine (C=N–C) groups is 1. The Balaban J connectivity index is 1.98. The van der Waals surface area contributed by atoms with Crippen molar-refractivity contribution in [2.75, 3.05) is 31.9 Å². The molecule has 1 aromatic rings. The largest absolute Gasteiger partial charge is 0.497 e. The molecule has 30 heavy (non-hydrogen) atoms. The lowest BCUT2D eigenvalue weighted by Crippen LogP contribution is -2.35. The van der Waals surface area contributed by atoms with Crippen LogP contribution in [-0.2, 0) is 14.3 Å². The maximum Gasteiger partial charge on any atom is 0.340 e. The number of carbonyl (C=O) groups excluding carboxylic acids is 2. The van der Waals surface area contributed by atoms with Crippen LogP contribution in [0.4, 0.5) is 5.69 Å². The fourth-order valence-electron chi connectivity index (χ4n) is 3.65. The van der Waals surface area contributed by atoms with E-state index < -0.39 is 12.0 Å². The first-order valence-electron chi connectivity index (χ1n) is 9.91. The summed E-state index contributed by atoms with van der Waals surface area (Å²) in [7, 11) is 2.91. The standard InChI is InChI=1S/C22H28N2O5S/c1-6-29-21(26)18-12-30-19-16(10-22(2,3)11-17(19)24-18)23-15-8-7-13(27-4)9-14(15)20(25)28-5/h7-9,18,23H,6,10-12H2,1-5H3. The molecular weight excluding hydrogens is 404 g/mol. The van der Waals surface area contributed by atoms with Crippen molar-refractivity contribution in [3.63, 3.8) is 0 Å². The highest BCUT2D eigenvalue weighted by Crippen LogP contribution is 2.44. The Morgan fingerprint density at radius 3 is 2.70 bits per heavy atom. The Kier molecular flexibility index (Phi) is 6.75. The van der Waals surface area contributed by atoms with Gasteiger partial charge < -0.3 is 19.5 Å². The zero-order valence-electron chi connectivity index (χ0n) is 18.0. The van der Waals surface area contributed by atoms with Crippen LogP contribution in [0.15, 0.2) is 33.8 Å². The molecule has 8 heteroatoms. The molecule has 1 aliphatic heterocycles. The number of fused-ring (bicyclic) bond motifs is 1. The quantitative estimate of drug-likeness (QED) is 0.679. The molecule has 0 aromatic heterocycles. The topological polar surface area (TPSA) is 86.2 Å².